The number of alkyl halides is 3. The van der Waals surface area contributed by atoms with E-state index in [0.29, 0.717) is 0 Å². The third-order valence-corrected chi connectivity index (χ3v) is 11.1. The third-order valence-electron chi connectivity index (χ3n) is 5.19. The minimum absolute atomic E-state index is 0. The SMILES string of the molecule is CC#N.CO[C-]=O.O=S(=O)([O-])C(F)(F)F.[Pd+2].c1ccc(P(CCP(c2ccccc2)c2ccccc2)c2ccccc2)cc1. The van der Waals surface area contributed by atoms with Crippen LogP contribution in [0.5, 0.6) is 0 Å². The molecule has 6 nitrogen and oxygen atoms in total. The number of hydrogen-bond acceptors (Lipinski definition) is 6. The van der Waals surface area contributed by atoms with Gasteiger partial charge in [-0.1, -0.05) is 128 Å². The van der Waals surface area contributed by atoms with Gasteiger partial charge in [-0.25, -0.2) is 8.42 Å². The van der Waals surface area contributed by atoms with Crippen molar-refractivity contribution >= 4 is 53.7 Å². The Kier molecular flexibility index (Phi) is 21.0. The van der Waals surface area contributed by atoms with E-state index in [2.05, 4.69) is 126 Å². The zero-order chi connectivity index (χ0) is 32.1. The van der Waals surface area contributed by atoms with E-state index in [1.807, 2.05) is 0 Å². The second kappa shape index (κ2) is 22.6. The van der Waals surface area contributed by atoms with Gasteiger partial charge in [-0.3, -0.25) is 0 Å². The zero-order valence-electron chi connectivity index (χ0n) is 23.7. The average Bonchev–Trinajstić information content (AvgIpc) is 3.01. The van der Waals surface area contributed by atoms with Crippen LogP contribution in [0.4, 0.5) is 13.2 Å². The van der Waals surface area contributed by atoms with Crippen LogP contribution in [0.3, 0.4) is 0 Å². The molecule has 0 aliphatic rings. The van der Waals surface area contributed by atoms with Crippen molar-refractivity contribution in [2.24, 2.45) is 0 Å². The Morgan fingerprint density at radius 2 is 0.909 bits per heavy atom. The number of methoxy groups -OCH3 is 1. The summed E-state index contributed by atoms with van der Waals surface area (Å²) in [5, 5.41) is 13.2. The molecule has 0 atom stereocenters. The molecule has 44 heavy (non-hydrogen) atoms. The van der Waals surface area contributed by atoms with Crippen LogP contribution in [0, 0.1) is 11.3 Å². The molecule has 13 heteroatoms. The predicted molar refractivity (Wildman–Crippen MR) is 168 cm³/mol. The van der Waals surface area contributed by atoms with Crippen molar-refractivity contribution in [2.45, 2.75) is 12.4 Å². The van der Waals surface area contributed by atoms with E-state index in [1.165, 1.54) is 54.0 Å². The van der Waals surface area contributed by atoms with Gasteiger partial charge in [0.25, 0.3) is 0 Å². The van der Waals surface area contributed by atoms with E-state index in [-0.39, 0.29) is 36.3 Å². The first-order chi connectivity index (χ1) is 20.5. The molecule has 236 valence electrons. The molecule has 0 aliphatic heterocycles. The Bertz CT molecular complexity index is 1300. The molecule has 4 aromatic carbocycles. The summed E-state index contributed by atoms with van der Waals surface area (Å²) in [4.78, 5) is 8.83. The fourth-order valence-corrected chi connectivity index (χ4v) is 8.80. The third kappa shape index (κ3) is 15.7. The minimum atomic E-state index is -6.09. The minimum Gasteiger partial charge on any atom is -0.741 e. The van der Waals surface area contributed by atoms with Crippen LogP contribution in [-0.2, 0) is 40.1 Å². The van der Waals surface area contributed by atoms with E-state index < -0.39 is 15.6 Å². The number of nitriles is 1. The molecular formula is C31H30F3NO5P2PdS. The van der Waals surface area contributed by atoms with Gasteiger partial charge in [0.2, 0.25) is 0 Å². The molecule has 0 radical (unpaired) electrons. The Labute approximate surface area is 273 Å². The molecule has 0 saturated carbocycles. The molecule has 0 heterocycles. The molecule has 4 rings (SSSR count). The zero-order valence-corrected chi connectivity index (χ0v) is 27.9. The Morgan fingerprint density at radius 1 is 0.727 bits per heavy atom. The van der Waals surface area contributed by atoms with Crippen LogP contribution >= 0.6 is 15.8 Å². The summed E-state index contributed by atoms with van der Waals surface area (Å²) in [6, 6.07) is 46.0. The van der Waals surface area contributed by atoms with Crippen LogP contribution in [0.2, 0.25) is 0 Å². The molecule has 0 spiro atoms. The van der Waals surface area contributed by atoms with E-state index in [9.17, 15) is 13.2 Å². The van der Waals surface area contributed by atoms with E-state index >= 15 is 0 Å². The fourth-order valence-electron chi connectivity index (χ4n) is 3.45. The Hall–Kier alpha value is -2.94. The van der Waals surface area contributed by atoms with Crippen molar-refractivity contribution in [3.8, 4) is 6.07 Å². The van der Waals surface area contributed by atoms with Gasteiger partial charge in [0.1, 0.15) is 0 Å². The van der Waals surface area contributed by atoms with Gasteiger partial charge in [-0.2, -0.15) is 18.4 Å². The summed E-state index contributed by atoms with van der Waals surface area (Å²) in [6.45, 7) is 2.61. The molecule has 0 fully saturated rings. The Morgan fingerprint density at radius 3 is 1.05 bits per heavy atom. The van der Waals surface area contributed by atoms with Gasteiger partial charge in [0.05, 0.1) is 6.07 Å². The largest absolute Gasteiger partial charge is 2.00 e. The molecule has 0 amide bonds. The smallest absolute Gasteiger partial charge is 0.741 e. The Balaban J connectivity index is 0.000000970. The van der Waals surface area contributed by atoms with Gasteiger partial charge in [0, 0.05) is 14.0 Å². The topological polar surface area (TPSA) is 107 Å². The number of halogens is 3. The molecule has 0 saturated heterocycles. The second-order valence-corrected chi connectivity index (χ2v) is 14.1. The number of ether oxygens (including phenoxy) is 1. The van der Waals surface area contributed by atoms with Gasteiger partial charge in [-0.05, 0) is 49.4 Å². The van der Waals surface area contributed by atoms with Crippen molar-refractivity contribution < 1.29 is 56.1 Å². The molecule has 0 N–H and O–H groups in total. The molecule has 0 aliphatic carbocycles. The molecular weight excluding hydrogens is 724 g/mol. The first-order valence-electron chi connectivity index (χ1n) is 12.5. The van der Waals surface area contributed by atoms with Crippen LogP contribution in [0.1, 0.15) is 6.92 Å². The normalized spacial score (nSPS) is 10.2. The second-order valence-electron chi connectivity index (χ2n) is 8.06. The van der Waals surface area contributed by atoms with Crippen LogP contribution in [0.15, 0.2) is 121 Å². The molecule has 0 unspecified atom stereocenters. The number of rotatable bonds is 8. The summed E-state index contributed by atoms with van der Waals surface area (Å²) in [5.74, 6) is 0. The van der Waals surface area contributed by atoms with Crippen molar-refractivity contribution in [2.75, 3.05) is 19.4 Å². The summed E-state index contributed by atoms with van der Waals surface area (Å²) >= 11 is 0. The molecule has 4 aromatic rings. The standard InChI is InChI=1S/C26H24P2.C2H3N.C2H3O2.CHF3O3S.Pd/c1-5-13-23(14-6-1)27(24-15-7-2-8-16-24)21-22-28(25-17-9-3-10-18-25)26-19-11-4-12-20-26;1-2-3;1-4-2-3;2-1(3,4)8(5,6)7;/h1-20H,21-22H2;1H3;1H3;(H,5,6,7);/q;;-1;;+2/p-1. The van der Waals surface area contributed by atoms with Crippen molar-refractivity contribution in [1.29, 1.82) is 5.26 Å². The van der Waals surface area contributed by atoms with E-state index in [4.69, 9.17) is 23.0 Å². The average molecular weight is 754 g/mol. The van der Waals surface area contributed by atoms with Gasteiger partial charge < -0.3 is 14.1 Å². The first-order valence-corrected chi connectivity index (χ1v) is 16.9. The summed E-state index contributed by atoms with van der Waals surface area (Å²) in [6.07, 6.45) is 2.41. The summed E-state index contributed by atoms with van der Waals surface area (Å²) in [7, 11) is -5.53. The van der Waals surface area contributed by atoms with Crippen molar-refractivity contribution in [1.82, 2.24) is 0 Å². The first kappa shape index (κ1) is 41.1. The van der Waals surface area contributed by atoms with Crippen LogP contribution in [-0.4, -0.2) is 44.4 Å². The van der Waals surface area contributed by atoms with Gasteiger partial charge in [-0.15, -0.1) is 0 Å². The van der Waals surface area contributed by atoms with E-state index in [0.717, 1.165) is 0 Å². The van der Waals surface area contributed by atoms with Crippen molar-refractivity contribution in [3.05, 3.63) is 121 Å². The summed E-state index contributed by atoms with van der Waals surface area (Å²) in [5.41, 5.74) is -5.65. The van der Waals surface area contributed by atoms with Gasteiger partial charge in [0.15, 0.2) is 10.1 Å². The van der Waals surface area contributed by atoms with Crippen LogP contribution < -0.4 is 21.2 Å². The molecule has 0 aromatic heterocycles. The molecule has 0 bridgehead atoms. The number of hydrogen-bond donors (Lipinski definition) is 0. The fraction of sp³-hybridized carbons (Fsp3) is 0.161. The number of nitrogens with zero attached hydrogens (tertiary/aromatic N) is 1. The number of benzene rings is 4. The van der Waals surface area contributed by atoms with Gasteiger partial charge >= 0.3 is 25.9 Å². The van der Waals surface area contributed by atoms with Crippen LogP contribution in [0.25, 0.3) is 0 Å². The summed E-state index contributed by atoms with van der Waals surface area (Å²) < 4.78 is 62.6. The predicted octanol–water partition coefficient (Wildman–Crippen LogP) is 5.53. The quantitative estimate of drug-likeness (QED) is 0.0771. The maximum atomic E-state index is 10.7. The maximum Gasteiger partial charge on any atom is 2.00 e. The van der Waals surface area contributed by atoms with E-state index in [1.54, 1.807) is 6.07 Å². The maximum absolute atomic E-state index is 10.7. The van der Waals surface area contributed by atoms with Crippen molar-refractivity contribution in [3.63, 3.8) is 0 Å². The monoisotopic (exact) mass is 753 g/mol. The number of carbonyl (C=O) groups excluding carboxylic acids is 1.